The van der Waals surface area contributed by atoms with Crippen molar-refractivity contribution >= 4 is 26.8 Å². The number of para-hydroxylation sites is 1. The smallest absolute Gasteiger partial charge is 0.251 e. The topological polar surface area (TPSA) is 82.3 Å². The van der Waals surface area contributed by atoms with Crippen LogP contribution in [0.4, 0.5) is 0 Å². The average molecular weight is 400 g/mol. The Morgan fingerprint density at radius 3 is 2.54 bits per heavy atom. The molecule has 6 nitrogen and oxygen atoms in total. The molecule has 0 unspecified atom stereocenters. The van der Waals surface area contributed by atoms with E-state index in [4.69, 9.17) is 0 Å². The molecule has 0 aliphatic carbocycles. The zero-order valence-electron chi connectivity index (χ0n) is 16.1. The lowest BCUT2D eigenvalue weighted by molar-refractivity contribution is 0.0951. The molecule has 2 aromatic carbocycles. The van der Waals surface area contributed by atoms with Gasteiger partial charge in [0.05, 0.1) is 6.26 Å². The number of aromatic nitrogens is 1. The molecule has 0 atom stereocenters. The predicted molar refractivity (Wildman–Crippen MR) is 112 cm³/mol. The van der Waals surface area contributed by atoms with Crippen LogP contribution in [-0.4, -0.2) is 49.5 Å². The normalized spacial score (nSPS) is 11.8. The van der Waals surface area contributed by atoms with Crippen molar-refractivity contribution in [3.05, 3.63) is 71.4 Å². The first kappa shape index (κ1) is 20.1. The Hall–Kier alpha value is -2.64. The van der Waals surface area contributed by atoms with Gasteiger partial charge in [-0.2, -0.15) is 0 Å². The van der Waals surface area contributed by atoms with Gasteiger partial charge in [0.25, 0.3) is 5.91 Å². The first-order valence-electron chi connectivity index (χ1n) is 9.20. The SMILES string of the molecule is Cc1ccccc1C(=O)NCCN(CCc1c[nH]c2ccccc12)S(C)(=O)=O. The summed E-state index contributed by atoms with van der Waals surface area (Å²) in [5, 5.41) is 3.91. The summed E-state index contributed by atoms with van der Waals surface area (Å²) >= 11 is 0. The number of hydrogen-bond donors (Lipinski definition) is 2. The van der Waals surface area contributed by atoms with E-state index in [1.165, 1.54) is 10.6 Å². The van der Waals surface area contributed by atoms with Crippen LogP contribution in [0, 0.1) is 6.92 Å². The fourth-order valence-electron chi connectivity index (χ4n) is 3.24. The fourth-order valence-corrected chi connectivity index (χ4v) is 4.09. The summed E-state index contributed by atoms with van der Waals surface area (Å²) in [6.07, 6.45) is 3.72. The van der Waals surface area contributed by atoms with Crippen LogP contribution in [0.1, 0.15) is 21.5 Å². The lowest BCUT2D eigenvalue weighted by Gasteiger charge is -2.20. The van der Waals surface area contributed by atoms with Crippen molar-refractivity contribution in [3.8, 4) is 0 Å². The minimum atomic E-state index is -3.37. The third-order valence-electron chi connectivity index (χ3n) is 4.81. The molecule has 3 aromatic rings. The summed E-state index contributed by atoms with van der Waals surface area (Å²) in [6, 6.07) is 15.3. The summed E-state index contributed by atoms with van der Waals surface area (Å²) in [5.74, 6) is -0.192. The van der Waals surface area contributed by atoms with Gasteiger partial charge in [-0.25, -0.2) is 12.7 Å². The van der Waals surface area contributed by atoms with Gasteiger partial charge in [0.1, 0.15) is 0 Å². The van der Waals surface area contributed by atoms with Crippen LogP contribution in [0.25, 0.3) is 10.9 Å². The molecule has 28 heavy (non-hydrogen) atoms. The molecule has 3 rings (SSSR count). The second-order valence-electron chi connectivity index (χ2n) is 6.84. The number of aryl methyl sites for hydroxylation is 1. The van der Waals surface area contributed by atoms with Gasteiger partial charge in [-0.05, 0) is 36.6 Å². The Bertz CT molecular complexity index is 1070. The van der Waals surface area contributed by atoms with E-state index in [1.807, 2.05) is 55.6 Å². The summed E-state index contributed by atoms with van der Waals surface area (Å²) in [7, 11) is -3.37. The number of sulfonamides is 1. The number of nitrogens with zero attached hydrogens (tertiary/aromatic N) is 1. The Labute approximate surface area is 165 Å². The van der Waals surface area contributed by atoms with Crippen LogP contribution in [0.3, 0.4) is 0 Å². The van der Waals surface area contributed by atoms with E-state index in [9.17, 15) is 13.2 Å². The van der Waals surface area contributed by atoms with E-state index in [1.54, 1.807) is 6.07 Å². The molecule has 0 radical (unpaired) electrons. The van der Waals surface area contributed by atoms with E-state index in [0.717, 1.165) is 22.0 Å². The van der Waals surface area contributed by atoms with Crippen molar-refractivity contribution in [2.75, 3.05) is 25.9 Å². The van der Waals surface area contributed by atoms with E-state index in [2.05, 4.69) is 10.3 Å². The Kier molecular flexibility index (Phi) is 6.16. The van der Waals surface area contributed by atoms with Gasteiger partial charge < -0.3 is 10.3 Å². The summed E-state index contributed by atoms with van der Waals surface area (Å²) in [6.45, 7) is 2.73. The number of fused-ring (bicyclic) bond motifs is 1. The maximum Gasteiger partial charge on any atom is 0.251 e. The quantitative estimate of drug-likeness (QED) is 0.611. The van der Waals surface area contributed by atoms with Crippen molar-refractivity contribution in [2.45, 2.75) is 13.3 Å². The number of H-pyrrole nitrogens is 1. The van der Waals surface area contributed by atoms with Gasteiger partial charge in [-0.1, -0.05) is 36.4 Å². The molecule has 7 heteroatoms. The second-order valence-corrected chi connectivity index (χ2v) is 8.82. The number of aromatic amines is 1. The first-order chi connectivity index (χ1) is 13.4. The van der Waals surface area contributed by atoms with Gasteiger partial charge in [0, 0.05) is 42.3 Å². The highest BCUT2D eigenvalue weighted by Gasteiger charge is 2.18. The summed E-state index contributed by atoms with van der Waals surface area (Å²) < 4.78 is 25.7. The number of rotatable bonds is 8. The molecule has 1 amide bonds. The highest BCUT2D eigenvalue weighted by molar-refractivity contribution is 7.88. The van der Waals surface area contributed by atoms with Crippen molar-refractivity contribution in [3.63, 3.8) is 0 Å². The highest BCUT2D eigenvalue weighted by atomic mass is 32.2. The van der Waals surface area contributed by atoms with E-state index in [0.29, 0.717) is 18.5 Å². The van der Waals surface area contributed by atoms with Crippen LogP contribution in [0.2, 0.25) is 0 Å². The number of carbonyl (C=O) groups is 1. The number of hydrogen-bond acceptors (Lipinski definition) is 3. The molecular weight excluding hydrogens is 374 g/mol. The third-order valence-corrected chi connectivity index (χ3v) is 6.11. The number of benzene rings is 2. The molecule has 148 valence electrons. The molecule has 1 heterocycles. The minimum absolute atomic E-state index is 0.192. The van der Waals surface area contributed by atoms with E-state index < -0.39 is 10.0 Å². The van der Waals surface area contributed by atoms with Crippen molar-refractivity contribution in [1.82, 2.24) is 14.6 Å². The average Bonchev–Trinajstić information content (AvgIpc) is 3.07. The van der Waals surface area contributed by atoms with Crippen LogP contribution in [-0.2, 0) is 16.4 Å². The minimum Gasteiger partial charge on any atom is -0.361 e. The fraction of sp³-hybridized carbons (Fsp3) is 0.286. The monoisotopic (exact) mass is 399 g/mol. The number of amides is 1. The Morgan fingerprint density at radius 1 is 1.07 bits per heavy atom. The highest BCUT2D eigenvalue weighted by Crippen LogP contribution is 2.18. The van der Waals surface area contributed by atoms with Gasteiger partial charge in [-0.3, -0.25) is 4.79 Å². The third kappa shape index (κ3) is 4.79. The maximum absolute atomic E-state index is 12.3. The number of nitrogens with one attached hydrogen (secondary N) is 2. The predicted octanol–water partition coefficient (Wildman–Crippen LogP) is 2.71. The second kappa shape index (κ2) is 8.58. The van der Waals surface area contributed by atoms with Crippen molar-refractivity contribution in [2.24, 2.45) is 0 Å². The van der Waals surface area contributed by atoms with Crippen LogP contribution in [0.5, 0.6) is 0 Å². The van der Waals surface area contributed by atoms with Crippen molar-refractivity contribution in [1.29, 1.82) is 0 Å². The van der Waals surface area contributed by atoms with E-state index >= 15 is 0 Å². The summed E-state index contributed by atoms with van der Waals surface area (Å²) in [4.78, 5) is 15.5. The Morgan fingerprint density at radius 2 is 1.79 bits per heavy atom. The summed E-state index contributed by atoms with van der Waals surface area (Å²) in [5.41, 5.74) is 3.61. The molecule has 0 aliphatic heterocycles. The molecule has 2 N–H and O–H groups in total. The first-order valence-corrected chi connectivity index (χ1v) is 11.0. The molecule has 0 saturated carbocycles. The van der Waals surface area contributed by atoms with Crippen LogP contribution >= 0.6 is 0 Å². The molecule has 0 bridgehead atoms. The molecule has 1 aromatic heterocycles. The van der Waals surface area contributed by atoms with Gasteiger partial charge in [0.15, 0.2) is 0 Å². The van der Waals surface area contributed by atoms with E-state index in [-0.39, 0.29) is 19.0 Å². The molecule has 0 saturated heterocycles. The molecule has 0 aliphatic rings. The molecular formula is C21H25N3O3S. The lowest BCUT2D eigenvalue weighted by atomic mass is 10.1. The van der Waals surface area contributed by atoms with Crippen molar-refractivity contribution < 1.29 is 13.2 Å². The van der Waals surface area contributed by atoms with Crippen LogP contribution < -0.4 is 5.32 Å². The zero-order chi connectivity index (χ0) is 20.1. The maximum atomic E-state index is 12.3. The van der Waals surface area contributed by atoms with Gasteiger partial charge >= 0.3 is 0 Å². The zero-order valence-corrected chi connectivity index (χ0v) is 16.9. The molecule has 0 fully saturated rings. The molecule has 0 spiro atoms. The number of carbonyl (C=O) groups excluding carboxylic acids is 1. The lowest BCUT2D eigenvalue weighted by Crippen LogP contribution is -2.39. The van der Waals surface area contributed by atoms with Gasteiger partial charge in [-0.15, -0.1) is 0 Å². The standard InChI is InChI=1S/C21H25N3O3S/c1-16-7-3-4-8-18(16)21(25)22-12-14-24(28(2,26)27)13-11-17-15-23-20-10-6-5-9-19(17)20/h3-10,15,23H,11-14H2,1-2H3,(H,22,25). The van der Waals surface area contributed by atoms with Gasteiger partial charge in [0.2, 0.25) is 10.0 Å². The largest absolute Gasteiger partial charge is 0.361 e. The Balaban J connectivity index is 1.60. The van der Waals surface area contributed by atoms with Crippen LogP contribution in [0.15, 0.2) is 54.7 Å².